The van der Waals surface area contributed by atoms with E-state index >= 15 is 0 Å². The Kier molecular flexibility index (Phi) is 5.88. The standard InChI is InChI=1S/C8H14NO4P/c1-5(2)7(10)12-4-6(3)13-8(11)9-14/h6H,1,4,14H2,2-3H3,(H,9,11). The van der Waals surface area contributed by atoms with Crippen molar-refractivity contribution in [3.63, 3.8) is 0 Å². The monoisotopic (exact) mass is 219 g/mol. The molecule has 0 aromatic heterocycles. The van der Waals surface area contributed by atoms with Crippen LogP contribution in [0.1, 0.15) is 13.8 Å². The normalized spacial score (nSPS) is 11.4. The van der Waals surface area contributed by atoms with Crippen LogP contribution in [0.3, 0.4) is 0 Å². The predicted molar refractivity (Wildman–Crippen MR) is 54.6 cm³/mol. The van der Waals surface area contributed by atoms with E-state index < -0.39 is 18.2 Å². The first-order chi connectivity index (χ1) is 6.47. The van der Waals surface area contributed by atoms with E-state index in [1.54, 1.807) is 13.8 Å². The molecule has 0 rings (SSSR count). The third-order valence-electron chi connectivity index (χ3n) is 1.22. The van der Waals surface area contributed by atoms with Gasteiger partial charge >= 0.3 is 12.1 Å². The quantitative estimate of drug-likeness (QED) is 0.435. The van der Waals surface area contributed by atoms with Crippen molar-refractivity contribution in [1.82, 2.24) is 5.09 Å². The number of ether oxygens (including phenoxy) is 2. The summed E-state index contributed by atoms with van der Waals surface area (Å²) in [6.45, 7) is 6.59. The molecule has 0 heterocycles. The minimum Gasteiger partial charge on any atom is -0.458 e. The lowest BCUT2D eigenvalue weighted by Gasteiger charge is -2.12. The molecule has 1 amide bonds. The number of rotatable bonds is 4. The van der Waals surface area contributed by atoms with E-state index in [1.807, 2.05) is 9.39 Å². The number of hydrogen-bond acceptors (Lipinski definition) is 4. The Balaban J connectivity index is 3.74. The summed E-state index contributed by atoms with van der Waals surface area (Å²) in [7, 11) is 2.01. The fraction of sp³-hybridized carbons (Fsp3) is 0.500. The lowest BCUT2D eigenvalue weighted by atomic mass is 10.3. The number of hydrogen-bond donors (Lipinski definition) is 1. The van der Waals surface area contributed by atoms with Crippen molar-refractivity contribution in [3.05, 3.63) is 12.2 Å². The first kappa shape index (κ1) is 12.9. The molecule has 0 aliphatic carbocycles. The zero-order valence-electron chi connectivity index (χ0n) is 8.20. The second-order valence-corrected chi connectivity index (χ2v) is 3.03. The number of carbonyl (C=O) groups excluding carboxylic acids is 2. The Morgan fingerprint density at radius 3 is 2.57 bits per heavy atom. The van der Waals surface area contributed by atoms with E-state index in [0.717, 1.165) is 0 Å². The van der Waals surface area contributed by atoms with Crippen LogP contribution in [0.2, 0.25) is 0 Å². The van der Waals surface area contributed by atoms with Crippen molar-refractivity contribution >= 4 is 21.5 Å². The molecule has 2 atom stereocenters. The third-order valence-corrected chi connectivity index (χ3v) is 1.46. The summed E-state index contributed by atoms with van der Waals surface area (Å²) in [5, 5.41) is 2.20. The molecule has 0 fully saturated rings. The highest BCUT2D eigenvalue weighted by Gasteiger charge is 2.10. The average Bonchev–Trinajstić information content (AvgIpc) is 2.13. The van der Waals surface area contributed by atoms with Crippen molar-refractivity contribution < 1.29 is 19.1 Å². The van der Waals surface area contributed by atoms with Gasteiger partial charge in [-0.1, -0.05) is 6.58 Å². The van der Waals surface area contributed by atoms with Crippen LogP contribution in [0.25, 0.3) is 0 Å². The summed E-state index contributed by atoms with van der Waals surface area (Å²) >= 11 is 0. The lowest BCUT2D eigenvalue weighted by molar-refractivity contribution is -0.141. The first-order valence-corrected chi connectivity index (χ1v) is 4.55. The maximum Gasteiger partial charge on any atom is 0.410 e. The topological polar surface area (TPSA) is 64.6 Å². The van der Waals surface area contributed by atoms with Gasteiger partial charge in [-0.25, -0.2) is 9.59 Å². The van der Waals surface area contributed by atoms with Gasteiger partial charge in [0.25, 0.3) is 0 Å². The van der Waals surface area contributed by atoms with E-state index in [9.17, 15) is 9.59 Å². The summed E-state index contributed by atoms with van der Waals surface area (Å²) in [5.41, 5.74) is 0.313. The van der Waals surface area contributed by atoms with Crippen LogP contribution in [0.5, 0.6) is 0 Å². The molecule has 0 aromatic rings. The molecule has 0 aliphatic heterocycles. The largest absolute Gasteiger partial charge is 0.458 e. The highest BCUT2D eigenvalue weighted by Crippen LogP contribution is 1.97. The molecule has 0 radical (unpaired) electrons. The molecule has 0 saturated heterocycles. The zero-order valence-corrected chi connectivity index (χ0v) is 9.36. The Labute approximate surface area is 85.1 Å². The highest BCUT2D eigenvalue weighted by molar-refractivity contribution is 7.15. The van der Waals surface area contributed by atoms with Crippen LogP contribution >= 0.6 is 9.39 Å². The molecule has 1 N–H and O–H groups in total. The van der Waals surface area contributed by atoms with Gasteiger partial charge in [-0.05, 0) is 23.2 Å². The van der Waals surface area contributed by atoms with Gasteiger partial charge < -0.3 is 14.6 Å². The fourth-order valence-corrected chi connectivity index (χ4v) is 0.635. The van der Waals surface area contributed by atoms with Crippen LogP contribution in [0.4, 0.5) is 4.79 Å². The van der Waals surface area contributed by atoms with Crippen LogP contribution in [-0.4, -0.2) is 24.8 Å². The highest BCUT2D eigenvalue weighted by atomic mass is 31.0. The van der Waals surface area contributed by atoms with Gasteiger partial charge in [0.15, 0.2) is 0 Å². The van der Waals surface area contributed by atoms with E-state index in [0.29, 0.717) is 5.57 Å². The number of amides is 1. The van der Waals surface area contributed by atoms with Crippen molar-refractivity contribution in [1.29, 1.82) is 0 Å². The first-order valence-electron chi connectivity index (χ1n) is 3.97. The van der Waals surface area contributed by atoms with E-state index in [4.69, 9.17) is 9.47 Å². The van der Waals surface area contributed by atoms with Crippen molar-refractivity contribution in [2.24, 2.45) is 0 Å². The number of carbonyl (C=O) groups is 2. The van der Waals surface area contributed by atoms with Crippen molar-refractivity contribution in [2.75, 3.05) is 6.61 Å². The molecular weight excluding hydrogens is 205 g/mol. The number of nitrogens with one attached hydrogen (secondary N) is 1. The van der Waals surface area contributed by atoms with Crippen molar-refractivity contribution in [2.45, 2.75) is 20.0 Å². The number of esters is 1. The summed E-state index contributed by atoms with van der Waals surface area (Å²) in [4.78, 5) is 21.6. The molecule has 0 saturated carbocycles. The molecule has 80 valence electrons. The third kappa shape index (κ3) is 5.54. The average molecular weight is 219 g/mol. The second-order valence-electron chi connectivity index (χ2n) is 2.74. The second kappa shape index (κ2) is 6.38. The van der Waals surface area contributed by atoms with E-state index in [1.165, 1.54) is 0 Å². The summed E-state index contributed by atoms with van der Waals surface area (Å²) in [5.74, 6) is -0.494. The fourth-order valence-electron chi connectivity index (χ4n) is 0.567. The maximum atomic E-state index is 10.9. The Morgan fingerprint density at radius 1 is 1.57 bits per heavy atom. The van der Waals surface area contributed by atoms with Crippen LogP contribution in [0, 0.1) is 0 Å². The molecule has 0 aliphatic rings. The molecule has 5 nitrogen and oxygen atoms in total. The van der Waals surface area contributed by atoms with Gasteiger partial charge in [0, 0.05) is 5.57 Å². The van der Waals surface area contributed by atoms with Gasteiger partial charge in [-0.3, -0.25) is 0 Å². The summed E-state index contributed by atoms with van der Waals surface area (Å²) in [6.07, 6.45) is -1.08. The maximum absolute atomic E-state index is 10.9. The smallest absolute Gasteiger partial charge is 0.410 e. The van der Waals surface area contributed by atoms with Crippen molar-refractivity contribution in [3.8, 4) is 0 Å². The molecule has 0 aromatic carbocycles. The summed E-state index contributed by atoms with van der Waals surface area (Å²) < 4.78 is 9.51. The van der Waals surface area contributed by atoms with Gasteiger partial charge in [0.05, 0.1) is 0 Å². The van der Waals surface area contributed by atoms with Gasteiger partial charge in [0.1, 0.15) is 12.7 Å². The van der Waals surface area contributed by atoms with E-state index in [2.05, 4.69) is 11.7 Å². The molecule has 0 bridgehead atoms. The van der Waals surface area contributed by atoms with Crippen LogP contribution in [0.15, 0.2) is 12.2 Å². The van der Waals surface area contributed by atoms with Gasteiger partial charge in [0.2, 0.25) is 0 Å². The Hall–Kier alpha value is -1.09. The van der Waals surface area contributed by atoms with Gasteiger partial charge in [-0.2, -0.15) is 0 Å². The van der Waals surface area contributed by atoms with Crippen LogP contribution in [-0.2, 0) is 14.3 Å². The Morgan fingerprint density at radius 2 is 2.14 bits per heavy atom. The minimum absolute atomic E-state index is 0.0176. The molecular formula is C8H14NO4P. The molecule has 6 heteroatoms. The molecule has 0 spiro atoms. The molecule has 2 unspecified atom stereocenters. The molecule has 14 heavy (non-hydrogen) atoms. The minimum atomic E-state index is -0.589. The zero-order chi connectivity index (χ0) is 11.1. The lowest BCUT2D eigenvalue weighted by Crippen LogP contribution is -2.25. The predicted octanol–water partition coefficient (Wildman–Crippen LogP) is 1.01. The summed E-state index contributed by atoms with van der Waals surface area (Å²) in [6, 6.07) is 0. The van der Waals surface area contributed by atoms with Crippen LogP contribution < -0.4 is 5.09 Å². The van der Waals surface area contributed by atoms with E-state index in [-0.39, 0.29) is 6.61 Å². The Bertz CT molecular complexity index is 241. The SMILES string of the molecule is C=C(C)C(=O)OCC(C)OC(=O)NP. The van der Waals surface area contributed by atoms with Gasteiger partial charge in [-0.15, -0.1) is 0 Å².